The molecule has 0 heterocycles. The number of benzene rings is 1. The van der Waals surface area contributed by atoms with E-state index in [9.17, 15) is 13.6 Å². The van der Waals surface area contributed by atoms with E-state index in [-0.39, 0.29) is 0 Å². The summed E-state index contributed by atoms with van der Waals surface area (Å²) in [7, 11) is 0. The molecule has 1 rings (SSSR count). The molecule has 6 heteroatoms. The van der Waals surface area contributed by atoms with Crippen LogP contribution in [-0.2, 0) is 9.53 Å². The Kier molecular flexibility index (Phi) is 4.84. The third kappa shape index (κ3) is 4.78. The van der Waals surface area contributed by atoms with Gasteiger partial charge in [-0.05, 0) is 31.2 Å². The van der Waals surface area contributed by atoms with Crippen LogP contribution in [0.2, 0.25) is 0 Å². The summed E-state index contributed by atoms with van der Waals surface area (Å²) in [5.41, 5.74) is 6.59. The Morgan fingerprint density at radius 3 is 2.53 bits per heavy atom. The first kappa shape index (κ1) is 13.4. The number of carbonyl (C=O) groups excluding carboxylic acids is 1. The fourth-order valence-electron chi connectivity index (χ4n) is 1.10. The predicted molar refractivity (Wildman–Crippen MR) is 60.9 cm³/mol. The molecular weight excluding hydrogens is 230 g/mol. The molecule has 0 radical (unpaired) electrons. The van der Waals surface area contributed by atoms with Gasteiger partial charge in [0.2, 0.25) is 0 Å². The quantitative estimate of drug-likeness (QED) is 0.777. The number of halogens is 2. The summed E-state index contributed by atoms with van der Waals surface area (Å²) in [6, 6.07) is 6.49. The number of nitrogens with one attached hydrogen (secondary N) is 1. The maximum Gasteiger partial charge on any atom is 0.261 e. The van der Waals surface area contributed by atoms with Crippen molar-refractivity contribution in [1.29, 1.82) is 0 Å². The summed E-state index contributed by atoms with van der Waals surface area (Å²) >= 11 is 0. The van der Waals surface area contributed by atoms with E-state index in [1.807, 2.05) is 0 Å². The highest BCUT2D eigenvalue weighted by atomic mass is 19.3. The van der Waals surface area contributed by atoms with Crippen LogP contribution in [0, 0.1) is 0 Å². The van der Waals surface area contributed by atoms with E-state index in [1.54, 1.807) is 24.3 Å². The fraction of sp³-hybridized carbons (Fsp3) is 0.364. The van der Waals surface area contributed by atoms with Crippen LogP contribution in [0.4, 0.5) is 20.2 Å². The summed E-state index contributed by atoms with van der Waals surface area (Å²) in [5, 5.41) is 2.53. The van der Waals surface area contributed by atoms with Crippen LogP contribution in [0.1, 0.15) is 6.92 Å². The number of rotatable bonds is 5. The number of nitrogen functional groups attached to an aromatic ring is 1. The van der Waals surface area contributed by atoms with Crippen molar-refractivity contribution in [1.82, 2.24) is 0 Å². The van der Waals surface area contributed by atoms with E-state index in [1.165, 1.54) is 6.92 Å². The molecule has 0 spiro atoms. The van der Waals surface area contributed by atoms with Gasteiger partial charge in [-0.15, -0.1) is 0 Å². The highest BCUT2D eigenvalue weighted by molar-refractivity contribution is 5.94. The van der Waals surface area contributed by atoms with Crippen molar-refractivity contribution in [3.8, 4) is 0 Å². The van der Waals surface area contributed by atoms with Crippen molar-refractivity contribution in [2.45, 2.75) is 19.5 Å². The standard InChI is InChI=1S/C11H14F2N2O2/c1-7(17-6-10(12)13)11(16)15-9-4-2-8(14)3-5-9/h2-5,7,10H,6,14H2,1H3,(H,15,16). The topological polar surface area (TPSA) is 64.3 Å². The van der Waals surface area contributed by atoms with E-state index < -0.39 is 25.0 Å². The maximum atomic E-state index is 11.9. The van der Waals surface area contributed by atoms with Gasteiger partial charge in [0.1, 0.15) is 12.7 Å². The number of nitrogens with two attached hydrogens (primary N) is 1. The van der Waals surface area contributed by atoms with Crippen molar-refractivity contribution in [2.75, 3.05) is 17.7 Å². The Morgan fingerprint density at radius 2 is 2.00 bits per heavy atom. The van der Waals surface area contributed by atoms with E-state index in [2.05, 4.69) is 10.1 Å². The van der Waals surface area contributed by atoms with Crippen molar-refractivity contribution in [3.63, 3.8) is 0 Å². The lowest BCUT2D eigenvalue weighted by Gasteiger charge is -2.13. The van der Waals surface area contributed by atoms with Gasteiger partial charge in [0.15, 0.2) is 0 Å². The van der Waals surface area contributed by atoms with Gasteiger partial charge in [-0.2, -0.15) is 0 Å². The molecule has 0 aliphatic rings. The predicted octanol–water partition coefficient (Wildman–Crippen LogP) is 1.88. The first-order valence-corrected chi connectivity index (χ1v) is 5.05. The van der Waals surface area contributed by atoms with Crippen molar-refractivity contribution in [3.05, 3.63) is 24.3 Å². The third-order valence-corrected chi connectivity index (χ3v) is 2.02. The van der Waals surface area contributed by atoms with Gasteiger partial charge in [-0.3, -0.25) is 4.79 Å². The molecule has 0 aliphatic heterocycles. The highest BCUT2D eigenvalue weighted by Crippen LogP contribution is 2.11. The largest absolute Gasteiger partial charge is 0.399 e. The Morgan fingerprint density at radius 1 is 1.41 bits per heavy atom. The minimum absolute atomic E-state index is 0.476. The molecule has 1 atom stereocenters. The Hall–Kier alpha value is -1.69. The first-order valence-electron chi connectivity index (χ1n) is 5.05. The molecular formula is C11H14F2N2O2. The molecule has 0 saturated carbocycles. The third-order valence-electron chi connectivity index (χ3n) is 2.02. The molecule has 1 amide bonds. The van der Waals surface area contributed by atoms with Gasteiger partial charge >= 0.3 is 0 Å². The molecule has 1 aromatic rings. The number of amides is 1. The SMILES string of the molecule is CC(OCC(F)F)C(=O)Nc1ccc(N)cc1. The van der Waals surface area contributed by atoms with Gasteiger partial charge in [0.05, 0.1) is 0 Å². The minimum atomic E-state index is -2.58. The second-order valence-corrected chi connectivity index (χ2v) is 3.48. The van der Waals surface area contributed by atoms with E-state index in [0.717, 1.165) is 0 Å². The van der Waals surface area contributed by atoms with Gasteiger partial charge < -0.3 is 15.8 Å². The van der Waals surface area contributed by atoms with Crippen LogP contribution >= 0.6 is 0 Å². The van der Waals surface area contributed by atoms with Crippen molar-refractivity contribution < 1.29 is 18.3 Å². The lowest BCUT2D eigenvalue weighted by Crippen LogP contribution is -2.29. The molecule has 1 aromatic carbocycles. The number of alkyl halides is 2. The number of hydrogen-bond acceptors (Lipinski definition) is 3. The number of ether oxygens (including phenoxy) is 1. The number of carbonyl (C=O) groups is 1. The normalized spacial score (nSPS) is 12.5. The molecule has 0 saturated heterocycles. The van der Waals surface area contributed by atoms with E-state index >= 15 is 0 Å². The van der Waals surface area contributed by atoms with Gasteiger partial charge in [0, 0.05) is 11.4 Å². The van der Waals surface area contributed by atoms with Crippen LogP contribution in [0.25, 0.3) is 0 Å². The molecule has 0 bridgehead atoms. The fourth-order valence-corrected chi connectivity index (χ4v) is 1.10. The molecule has 0 fully saturated rings. The van der Waals surface area contributed by atoms with Crippen LogP contribution in [0.3, 0.4) is 0 Å². The number of hydrogen-bond donors (Lipinski definition) is 2. The van der Waals surface area contributed by atoms with E-state index in [0.29, 0.717) is 11.4 Å². The minimum Gasteiger partial charge on any atom is -0.399 e. The highest BCUT2D eigenvalue weighted by Gasteiger charge is 2.15. The monoisotopic (exact) mass is 244 g/mol. The van der Waals surface area contributed by atoms with E-state index in [4.69, 9.17) is 5.73 Å². The van der Waals surface area contributed by atoms with Crippen LogP contribution in [0.15, 0.2) is 24.3 Å². The van der Waals surface area contributed by atoms with Crippen LogP contribution in [0.5, 0.6) is 0 Å². The summed E-state index contributed by atoms with van der Waals surface area (Å²) < 4.78 is 28.4. The molecule has 0 aliphatic carbocycles. The summed E-state index contributed by atoms with van der Waals surface area (Å²) in [6.45, 7) is 0.658. The van der Waals surface area contributed by atoms with Gasteiger partial charge in [0.25, 0.3) is 12.3 Å². The molecule has 1 unspecified atom stereocenters. The lowest BCUT2D eigenvalue weighted by molar-refractivity contribution is -0.128. The van der Waals surface area contributed by atoms with Crippen molar-refractivity contribution in [2.24, 2.45) is 0 Å². The lowest BCUT2D eigenvalue weighted by atomic mass is 10.2. The summed E-state index contributed by atoms with van der Waals surface area (Å²) in [4.78, 5) is 11.5. The van der Waals surface area contributed by atoms with Gasteiger partial charge in [-0.25, -0.2) is 8.78 Å². The zero-order valence-electron chi connectivity index (χ0n) is 9.32. The first-order chi connectivity index (χ1) is 7.99. The summed E-state index contributed by atoms with van der Waals surface area (Å²) in [6.07, 6.45) is -3.51. The summed E-state index contributed by atoms with van der Waals surface area (Å²) in [5.74, 6) is -0.476. The molecule has 94 valence electrons. The van der Waals surface area contributed by atoms with Crippen LogP contribution in [-0.4, -0.2) is 25.0 Å². The second kappa shape index (κ2) is 6.15. The Bertz CT molecular complexity index is 368. The Balaban J connectivity index is 2.45. The van der Waals surface area contributed by atoms with Crippen molar-refractivity contribution >= 4 is 17.3 Å². The average molecular weight is 244 g/mol. The maximum absolute atomic E-state index is 11.9. The zero-order valence-corrected chi connectivity index (χ0v) is 9.32. The number of anilines is 2. The molecule has 0 aromatic heterocycles. The smallest absolute Gasteiger partial charge is 0.261 e. The average Bonchev–Trinajstić information content (AvgIpc) is 2.28. The Labute approximate surface area is 97.8 Å². The molecule has 3 N–H and O–H groups in total. The molecule has 4 nitrogen and oxygen atoms in total. The second-order valence-electron chi connectivity index (χ2n) is 3.48. The van der Waals surface area contributed by atoms with Gasteiger partial charge in [-0.1, -0.05) is 0 Å². The molecule has 17 heavy (non-hydrogen) atoms. The van der Waals surface area contributed by atoms with Crippen LogP contribution < -0.4 is 11.1 Å². The zero-order chi connectivity index (χ0) is 12.8.